The monoisotopic (exact) mass is 510 g/mol. The van der Waals surface area contributed by atoms with Crippen molar-refractivity contribution in [2.24, 2.45) is 0 Å². The molecule has 1 aromatic heterocycles. The maximum atomic E-state index is 14.8. The van der Waals surface area contributed by atoms with Crippen LogP contribution >= 0.6 is 0 Å². The van der Waals surface area contributed by atoms with Crippen molar-refractivity contribution in [1.29, 1.82) is 0 Å². The van der Waals surface area contributed by atoms with Crippen LogP contribution in [0.2, 0.25) is 0 Å². The number of benzene rings is 2. The van der Waals surface area contributed by atoms with Gasteiger partial charge in [-0.05, 0) is 60.2 Å². The number of carbonyl (C=O) groups excluding carboxylic acids is 1. The number of ether oxygens (including phenoxy) is 1. The standard InChI is InChI=1S/C26H27FN4O4S/c1-36(33,34)31-12-9-20(10-13-31)35-19-5-2-16(3-6-19)22-15-23(25(28)30-24(22)27)17-4-7-21-18(14-17)8-11-29-26(21)32/h2-7,14-15,20H,8-13H2,1H3,(H2,28,30)(H,29,32). The number of piperidine rings is 1. The molecule has 0 radical (unpaired) electrons. The molecule has 0 atom stereocenters. The summed E-state index contributed by atoms with van der Waals surface area (Å²) in [5, 5.41) is 2.82. The quantitative estimate of drug-likeness (QED) is 0.510. The SMILES string of the molecule is CS(=O)(=O)N1CCC(Oc2ccc(-c3cc(-c4ccc5c(c4)CCNC5=O)c(N)nc3F)cc2)CC1. The van der Waals surface area contributed by atoms with Gasteiger partial charge in [0.1, 0.15) is 17.7 Å². The number of anilines is 1. The Labute approximate surface area is 209 Å². The van der Waals surface area contributed by atoms with Crippen molar-refractivity contribution in [3.63, 3.8) is 0 Å². The number of nitrogen functional groups attached to an aromatic ring is 1. The number of carbonyl (C=O) groups is 1. The van der Waals surface area contributed by atoms with Gasteiger partial charge in [-0.2, -0.15) is 4.39 Å². The van der Waals surface area contributed by atoms with Gasteiger partial charge in [-0.3, -0.25) is 4.79 Å². The second-order valence-electron chi connectivity index (χ2n) is 9.14. The van der Waals surface area contributed by atoms with Crippen LogP contribution in [0.4, 0.5) is 10.2 Å². The van der Waals surface area contributed by atoms with E-state index in [1.165, 1.54) is 10.6 Å². The molecule has 2 aromatic carbocycles. The highest BCUT2D eigenvalue weighted by molar-refractivity contribution is 7.88. The number of aromatic nitrogens is 1. The predicted molar refractivity (Wildman–Crippen MR) is 136 cm³/mol. The van der Waals surface area contributed by atoms with E-state index in [0.717, 1.165) is 11.1 Å². The molecule has 1 fully saturated rings. The number of nitrogens with two attached hydrogens (primary N) is 1. The Bertz CT molecular complexity index is 1420. The number of nitrogens with one attached hydrogen (secondary N) is 1. The van der Waals surface area contributed by atoms with Gasteiger partial charge in [0.15, 0.2) is 0 Å². The molecule has 0 bridgehead atoms. The van der Waals surface area contributed by atoms with E-state index in [2.05, 4.69) is 10.3 Å². The van der Waals surface area contributed by atoms with Crippen molar-refractivity contribution in [1.82, 2.24) is 14.6 Å². The Morgan fingerprint density at radius 1 is 1.03 bits per heavy atom. The van der Waals surface area contributed by atoms with Crippen LogP contribution in [0.5, 0.6) is 5.75 Å². The molecule has 2 aliphatic rings. The number of pyridine rings is 1. The highest BCUT2D eigenvalue weighted by atomic mass is 32.2. The summed E-state index contributed by atoms with van der Waals surface area (Å²) in [7, 11) is -3.19. The highest BCUT2D eigenvalue weighted by Crippen LogP contribution is 2.34. The van der Waals surface area contributed by atoms with Gasteiger partial charge in [0.2, 0.25) is 16.0 Å². The number of hydrogen-bond donors (Lipinski definition) is 2. The molecule has 36 heavy (non-hydrogen) atoms. The Morgan fingerprint density at radius 3 is 2.42 bits per heavy atom. The van der Waals surface area contributed by atoms with Gasteiger partial charge in [-0.15, -0.1) is 0 Å². The van der Waals surface area contributed by atoms with Gasteiger partial charge in [-0.25, -0.2) is 17.7 Å². The molecule has 2 aliphatic heterocycles. The zero-order valence-corrected chi connectivity index (χ0v) is 20.6. The summed E-state index contributed by atoms with van der Waals surface area (Å²) in [6.45, 7) is 1.43. The second kappa shape index (κ2) is 9.51. The van der Waals surface area contributed by atoms with Gasteiger partial charge < -0.3 is 15.8 Å². The topological polar surface area (TPSA) is 115 Å². The van der Waals surface area contributed by atoms with E-state index < -0.39 is 16.0 Å². The molecular formula is C26H27FN4O4S. The van der Waals surface area contributed by atoms with Crippen LogP contribution in [0.15, 0.2) is 48.5 Å². The number of amides is 1. The van der Waals surface area contributed by atoms with E-state index in [0.29, 0.717) is 66.9 Å². The number of sulfonamides is 1. The number of nitrogens with zero attached hydrogens (tertiary/aromatic N) is 2. The summed E-state index contributed by atoms with van der Waals surface area (Å²) in [6.07, 6.45) is 3.06. The maximum Gasteiger partial charge on any atom is 0.251 e. The maximum absolute atomic E-state index is 14.8. The van der Waals surface area contributed by atoms with Crippen molar-refractivity contribution in [3.8, 4) is 28.0 Å². The Balaban J connectivity index is 1.35. The minimum atomic E-state index is -3.19. The molecule has 0 saturated carbocycles. The van der Waals surface area contributed by atoms with Crippen molar-refractivity contribution >= 4 is 21.7 Å². The van der Waals surface area contributed by atoms with Gasteiger partial charge in [0.25, 0.3) is 5.91 Å². The molecule has 0 spiro atoms. The second-order valence-corrected chi connectivity index (χ2v) is 11.1. The summed E-state index contributed by atoms with van der Waals surface area (Å²) < 4.78 is 45.7. The average Bonchev–Trinajstić information content (AvgIpc) is 2.85. The lowest BCUT2D eigenvalue weighted by molar-refractivity contribution is 0.0946. The molecular weight excluding hydrogens is 483 g/mol. The molecule has 0 aliphatic carbocycles. The molecule has 3 aromatic rings. The molecule has 10 heteroatoms. The first-order valence-electron chi connectivity index (χ1n) is 11.8. The number of halogens is 1. The van der Waals surface area contributed by atoms with E-state index >= 15 is 0 Å². The third-order valence-electron chi connectivity index (χ3n) is 6.68. The van der Waals surface area contributed by atoms with Gasteiger partial charge in [0, 0.05) is 36.3 Å². The van der Waals surface area contributed by atoms with Crippen molar-refractivity contribution < 1.29 is 22.3 Å². The summed E-state index contributed by atoms with van der Waals surface area (Å²) >= 11 is 0. The van der Waals surface area contributed by atoms with Gasteiger partial charge in [0.05, 0.1) is 6.26 Å². The Morgan fingerprint density at radius 2 is 1.72 bits per heavy atom. The summed E-state index contributed by atoms with van der Waals surface area (Å²) in [6, 6.07) is 14.2. The lowest BCUT2D eigenvalue weighted by Crippen LogP contribution is -2.41. The molecule has 188 valence electrons. The van der Waals surface area contributed by atoms with Crippen LogP contribution in [0.1, 0.15) is 28.8 Å². The smallest absolute Gasteiger partial charge is 0.251 e. The van der Waals surface area contributed by atoms with Gasteiger partial charge in [-0.1, -0.05) is 24.3 Å². The fourth-order valence-corrected chi connectivity index (χ4v) is 5.59. The zero-order chi connectivity index (χ0) is 25.4. The largest absolute Gasteiger partial charge is 0.490 e. The van der Waals surface area contributed by atoms with E-state index in [1.54, 1.807) is 42.5 Å². The van der Waals surface area contributed by atoms with Gasteiger partial charge >= 0.3 is 0 Å². The summed E-state index contributed by atoms with van der Waals surface area (Å²) in [4.78, 5) is 16.0. The summed E-state index contributed by atoms with van der Waals surface area (Å²) in [5.41, 5.74) is 9.93. The van der Waals surface area contributed by atoms with Crippen LogP contribution < -0.4 is 15.8 Å². The molecule has 5 rings (SSSR count). The third kappa shape index (κ3) is 4.91. The van der Waals surface area contributed by atoms with Crippen LogP contribution in [0.25, 0.3) is 22.3 Å². The minimum Gasteiger partial charge on any atom is -0.490 e. The van der Waals surface area contributed by atoms with Crippen LogP contribution in [-0.4, -0.2) is 55.6 Å². The number of rotatable bonds is 5. The van der Waals surface area contributed by atoms with E-state index in [1.807, 2.05) is 6.07 Å². The molecule has 3 N–H and O–H groups in total. The first kappa shape index (κ1) is 24.2. The minimum absolute atomic E-state index is 0.0804. The van der Waals surface area contributed by atoms with Crippen molar-refractivity contribution in [2.45, 2.75) is 25.4 Å². The fourth-order valence-electron chi connectivity index (χ4n) is 4.72. The Kier molecular flexibility index (Phi) is 6.40. The molecule has 8 nitrogen and oxygen atoms in total. The first-order chi connectivity index (χ1) is 17.2. The fraction of sp³-hybridized carbons (Fsp3) is 0.308. The third-order valence-corrected chi connectivity index (χ3v) is 7.99. The average molecular weight is 511 g/mol. The number of fused-ring (bicyclic) bond motifs is 1. The van der Waals surface area contributed by atoms with E-state index in [4.69, 9.17) is 10.5 Å². The first-order valence-corrected chi connectivity index (χ1v) is 13.6. The molecule has 1 amide bonds. The lowest BCUT2D eigenvalue weighted by atomic mass is 9.94. The van der Waals surface area contributed by atoms with Crippen LogP contribution in [0.3, 0.4) is 0 Å². The Hall–Kier alpha value is -3.50. The number of hydrogen-bond acceptors (Lipinski definition) is 6. The molecule has 3 heterocycles. The van der Waals surface area contributed by atoms with Crippen molar-refractivity contribution in [3.05, 3.63) is 65.6 Å². The lowest BCUT2D eigenvalue weighted by Gasteiger charge is -2.30. The molecule has 0 unspecified atom stereocenters. The zero-order valence-electron chi connectivity index (χ0n) is 19.8. The van der Waals surface area contributed by atoms with E-state index in [9.17, 15) is 17.6 Å². The molecule has 1 saturated heterocycles. The van der Waals surface area contributed by atoms with Crippen LogP contribution in [-0.2, 0) is 16.4 Å². The predicted octanol–water partition coefficient (Wildman–Crippen LogP) is 3.23. The van der Waals surface area contributed by atoms with Crippen molar-refractivity contribution in [2.75, 3.05) is 31.6 Å². The highest BCUT2D eigenvalue weighted by Gasteiger charge is 2.26. The van der Waals surface area contributed by atoms with Crippen LogP contribution in [0, 0.1) is 5.95 Å². The van der Waals surface area contributed by atoms with E-state index in [-0.39, 0.29) is 17.8 Å². The summed E-state index contributed by atoms with van der Waals surface area (Å²) in [5.74, 6) is -0.0576. The normalized spacial score (nSPS) is 16.9.